The van der Waals surface area contributed by atoms with E-state index in [1.807, 2.05) is 6.92 Å². The molecule has 0 aliphatic carbocycles. The fraction of sp³-hybridized carbons (Fsp3) is 0.231. The first-order valence-electron chi connectivity index (χ1n) is 5.64. The van der Waals surface area contributed by atoms with Crippen molar-refractivity contribution in [1.82, 2.24) is 15.5 Å². The molecule has 2 rings (SSSR count). The second-order valence-corrected chi connectivity index (χ2v) is 4.20. The Bertz CT molecular complexity index is 575. The Morgan fingerprint density at radius 2 is 2.22 bits per heavy atom. The van der Waals surface area contributed by atoms with Crippen molar-refractivity contribution in [2.75, 3.05) is 0 Å². The number of amides is 1. The van der Waals surface area contributed by atoms with Gasteiger partial charge in [0, 0.05) is 23.4 Å². The fourth-order valence-electron chi connectivity index (χ4n) is 1.63. The van der Waals surface area contributed by atoms with Gasteiger partial charge in [-0.15, -0.1) is 0 Å². The summed E-state index contributed by atoms with van der Waals surface area (Å²) in [6.45, 7) is 4.09. The average molecular weight is 245 g/mol. The number of aromatic hydroxyl groups is 1. The lowest BCUT2D eigenvalue weighted by molar-refractivity contribution is 0.0951. The molecule has 0 bridgehead atoms. The monoisotopic (exact) mass is 245 g/mol. The van der Waals surface area contributed by atoms with E-state index < -0.39 is 0 Å². The van der Waals surface area contributed by atoms with Crippen LogP contribution in [0.15, 0.2) is 24.4 Å². The van der Waals surface area contributed by atoms with Crippen LogP contribution < -0.4 is 5.32 Å². The summed E-state index contributed by atoms with van der Waals surface area (Å²) in [5.41, 5.74) is 3.12. The Morgan fingerprint density at radius 1 is 1.44 bits per heavy atom. The summed E-state index contributed by atoms with van der Waals surface area (Å²) in [7, 11) is 0. The van der Waals surface area contributed by atoms with Gasteiger partial charge in [0.2, 0.25) is 0 Å². The van der Waals surface area contributed by atoms with Crippen LogP contribution in [0, 0.1) is 13.8 Å². The number of H-pyrrole nitrogens is 1. The van der Waals surface area contributed by atoms with E-state index in [1.54, 1.807) is 25.3 Å². The van der Waals surface area contributed by atoms with Gasteiger partial charge in [0.1, 0.15) is 5.75 Å². The van der Waals surface area contributed by atoms with E-state index in [-0.39, 0.29) is 11.7 Å². The number of phenolic OH excluding ortho intramolecular Hbond substituents is 1. The van der Waals surface area contributed by atoms with Gasteiger partial charge in [-0.05, 0) is 37.6 Å². The molecule has 0 atom stereocenters. The van der Waals surface area contributed by atoms with Gasteiger partial charge in [0.15, 0.2) is 0 Å². The normalized spacial score (nSPS) is 10.3. The van der Waals surface area contributed by atoms with Crippen LogP contribution in [0.3, 0.4) is 0 Å². The van der Waals surface area contributed by atoms with Gasteiger partial charge < -0.3 is 10.4 Å². The maximum Gasteiger partial charge on any atom is 0.251 e. The third kappa shape index (κ3) is 2.51. The minimum atomic E-state index is -0.168. The van der Waals surface area contributed by atoms with Crippen molar-refractivity contribution in [1.29, 1.82) is 0 Å². The standard InChI is InChI=1S/C13H15N3O2/c1-8-5-10(3-4-12(8)17)13(18)14-6-11-7-15-16-9(11)2/h3-5,7,17H,6H2,1-2H3,(H,14,18)(H,15,16). The van der Waals surface area contributed by atoms with Crippen molar-refractivity contribution < 1.29 is 9.90 Å². The highest BCUT2D eigenvalue weighted by Gasteiger charge is 2.08. The maximum atomic E-state index is 11.9. The Balaban J connectivity index is 2.04. The topological polar surface area (TPSA) is 78.0 Å². The number of hydrogen-bond donors (Lipinski definition) is 3. The molecule has 0 saturated carbocycles. The fourth-order valence-corrected chi connectivity index (χ4v) is 1.63. The Labute approximate surface area is 105 Å². The summed E-state index contributed by atoms with van der Waals surface area (Å²) in [4.78, 5) is 11.9. The highest BCUT2D eigenvalue weighted by Crippen LogP contribution is 2.16. The van der Waals surface area contributed by atoms with Crippen LogP contribution in [0.1, 0.15) is 27.2 Å². The van der Waals surface area contributed by atoms with Gasteiger partial charge in [-0.25, -0.2) is 0 Å². The van der Waals surface area contributed by atoms with Crippen molar-refractivity contribution in [3.8, 4) is 5.75 Å². The number of aromatic amines is 1. The zero-order chi connectivity index (χ0) is 13.1. The molecule has 18 heavy (non-hydrogen) atoms. The number of carbonyl (C=O) groups is 1. The molecule has 0 aliphatic rings. The molecule has 0 aliphatic heterocycles. The Hall–Kier alpha value is -2.30. The number of hydrogen-bond acceptors (Lipinski definition) is 3. The second kappa shape index (κ2) is 4.91. The molecule has 94 valence electrons. The first-order chi connectivity index (χ1) is 8.58. The van der Waals surface area contributed by atoms with Crippen LogP contribution in [0.5, 0.6) is 5.75 Å². The van der Waals surface area contributed by atoms with E-state index in [0.717, 1.165) is 11.3 Å². The van der Waals surface area contributed by atoms with Gasteiger partial charge in [0.25, 0.3) is 5.91 Å². The van der Waals surface area contributed by atoms with E-state index in [9.17, 15) is 9.90 Å². The van der Waals surface area contributed by atoms with Gasteiger partial charge >= 0.3 is 0 Å². The number of nitrogens with one attached hydrogen (secondary N) is 2. The Kier molecular flexibility index (Phi) is 3.32. The van der Waals surface area contributed by atoms with Crippen LogP contribution in [0.2, 0.25) is 0 Å². The summed E-state index contributed by atoms with van der Waals surface area (Å²) < 4.78 is 0. The van der Waals surface area contributed by atoms with E-state index in [4.69, 9.17) is 0 Å². The second-order valence-electron chi connectivity index (χ2n) is 4.20. The minimum absolute atomic E-state index is 0.168. The lowest BCUT2D eigenvalue weighted by Gasteiger charge is -2.06. The van der Waals surface area contributed by atoms with Gasteiger partial charge in [-0.1, -0.05) is 0 Å². The number of benzene rings is 1. The summed E-state index contributed by atoms with van der Waals surface area (Å²) >= 11 is 0. The van der Waals surface area contributed by atoms with Gasteiger partial charge in [-0.2, -0.15) is 5.10 Å². The largest absolute Gasteiger partial charge is 0.508 e. The lowest BCUT2D eigenvalue weighted by Crippen LogP contribution is -2.22. The molecule has 5 nitrogen and oxygen atoms in total. The molecule has 1 amide bonds. The number of rotatable bonds is 3. The van der Waals surface area contributed by atoms with E-state index >= 15 is 0 Å². The summed E-state index contributed by atoms with van der Waals surface area (Å²) in [5.74, 6) is 0.0240. The van der Waals surface area contributed by atoms with Gasteiger partial charge in [-0.3, -0.25) is 9.89 Å². The molecular formula is C13H15N3O2. The van der Waals surface area contributed by atoms with E-state index in [1.165, 1.54) is 6.07 Å². The number of aryl methyl sites for hydroxylation is 2. The van der Waals surface area contributed by atoms with Crippen LogP contribution in [0.25, 0.3) is 0 Å². The number of phenols is 1. The lowest BCUT2D eigenvalue weighted by atomic mass is 10.1. The quantitative estimate of drug-likeness (QED) is 0.769. The van der Waals surface area contributed by atoms with Crippen LogP contribution in [0.4, 0.5) is 0 Å². The number of carbonyl (C=O) groups excluding carboxylic acids is 1. The highest BCUT2D eigenvalue weighted by molar-refractivity contribution is 5.94. The number of nitrogens with zero attached hydrogens (tertiary/aromatic N) is 1. The molecule has 1 aromatic heterocycles. The predicted molar refractivity (Wildman–Crippen MR) is 67.3 cm³/mol. The molecule has 3 N–H and O–H groups in total. The highest BCUT2D eigenvalue weighted by atomic mass is 16.3. The SMILES string of the molecule is Cc1cc(C(=O)NCc2cn[nH]c2C)ccc1O. The third-order valence-electron chi connectivity index (χ3n) is 2.83. The first kappa shape index (κ1) is 12.2. The maximum absolute atomic E-state index is 11.9. The molecule has 0 spiro atoms. The minimum Gasteiger partial charge on any atom is -0.508 e. The predicted octanol–water partition coefficient (Wildman–Crippen LogP) is 1.66. The third-order valence-corrected chi connectivity index (χ3v) is 2.83. The molecule has 2 aromatic rings. The molecule has 0 unspecified atom stereocenters. The average Bonchev–Trinajstić information content (AvgIpc) is 2.75. The van der Waals surface area contributed by atoms with Crippen LogP contribution in [-0.2, 0) is 6.54 Å². The number of aromatic nitrogens is 2. The van der Waals surface area contributed by atoms with Crippen molar-refractivity contribution in [3.05, 3.63) is 46.8 Å². The molecule has 5 heteroatoms. The van der Waals surface area contributed by atoms with Crippen LogP contribution >= 0.6 is 0 Å². The van der Waals surface area contributed by atoms with E-state index in [0.29, 0.717) is 17.7 Å². The van der Waals surface area contributed by atoms with Gasteiger partial charge in [0.05, 0.1) is 6.20 Å². The molecule has 0 saturated heterocycles. The smallest absolute Gasteiger partial charge is 0.251 e. The van der Waals surface area contributed by atoms with Crippen molar-refractivity contribution in [2.45, 2.75) is 20.4 Å². The van der Waals surface area contributed by atoms with E-state index in [2.05, 4.69) is 15.5 Å². The summed E-state index contributed by atoms with van der Waals surface area (Å²) in [5, 5.41) is 18.9. The molecule has 1 heterocycles. The van der Waals surface area contributed by atoms with Crippen LogP contribution in [-0.4, -0.2) is 21.2 Å². The first-order valence-corrected chi connectivity index (χ1v) is 5.64. The molecular weight excluding hydrogens is 230 g/mol. The molecule has 0 fully saturated rings. The van der Waals surface area contributed by atoms with Crippen molar-refractivity contribution in [3.63, 3.8) is 0 Å². The molecule has 1 aromatic carbocycles. The zero-order valence-corrected chi connectivity index (χ0v) is 10.3. The Morgan fingerprint density at radius 3 is 2.83 bits per heavy atom. The van der Waals surface area contributed by atoms with Crippen molar-refractivity contribution in [2.24, 2.45) is 0 Å². The van der Waals surface area contributed by atoms with Crippen molar-refractivity contribution >= 4 is 5.91 Å². The summed E-state index contributed by atoms with van der Waals surface area (Å²) in [6, 6.07) is 4.78. The summed E-state index contributed by atoms with van der Waals surface area (Å²) in [6.07, 6.45) is 1.69. The zero-order valence-electron chi connectivity index (χ0n) is 10.3. The molecule has 0 radical (unpaired) electrons.